The zero-order chi connectivity index (χ0) is 15.9. The molecule has 0 spiro atoms. The maximum atomic E-state index is 12.4. The first-order valence-corrected chi connectivity index (χ1v) is 8.99. The van der Waals surface area contributed by atoms with Crippen LogP contribution in [0.4, 0.5) is 0 Å². The number of benzene rings is 1. The van der Waals surface area contributed by atoms with Gasteiger partial charge in [0.1, 0.15) is 0 Å². The lowest BCUT2D eigenvalue weighted by atomic mass is 9.87. The topological polar surface area (TPSA) is 63.4 Å². The molecule has 5 heteroatoms. The van der Waals surface area contributed by atoms with Gasteiger partial charge in [0.25, 0.3) is 0 Å². The number of nitrogens with two attached hydrogens (primary N) is 1. The normalized spacial score (nSPS) is 19.1. The quantitative estimate of drug-likeness (QED) is 0.839. The standard InChI is InChI=1S/C17H24N2O2S/c1-2-14(13-7-4-3-5-8-13)15-9-6-10-19(15)17(21)12-22-11-16(18)20/h3-5,7-8,14-15H,2,6,9-12H2,1H3,(H2,18,20)/t14-,15-/m0/s1. The number of thioether (sulfide) groups is 1. The summed E-state index contributed by atoms with van der Waals surface area (Å²) in [4.78, 5) is 25.2. The Labute approximate surface area is 136 Å². The summed E-state index contributed by atoms with van der Waals surface area (Å²) in [5.41, 5.74) is 6.43. The summed E-state index contributed by atoms with van der Waals surface area (Å²) < 4.78 is 0. The lowest BCUT2D eigenvalue weighted by Gasteiger charge is -2.31. The molecule has 2 atom stereocenters. The Bertz CT molecular complexity index is 507. The van der Waals surface area contributed by atoms with Gasteiger partial charge in [0.2, 0.25) is 11.8 Å². The van der Waals surface area contributed by atoms with E-state index in [1.165, 1.54) is 17.3 Å². The van der Waals surface area contributed by atoms with Crippen LogP contribution in [-0.2, 0) is 9.59 Å². The molecule has 2 N–H and O–H groups in total. The predicted octanol–water partition coefficient (Wildman–Crippen LogP) is 2.39. The van der Waals surface area contributed by atoms with Gasteiger partial charge in [-0.1, -0.05) is 37.3 Å². The molecule has 0 radical (unpaired) electrons. The molecule has 0 aromatic heterocycles. The average Bonchev–Trinajstić information content (AvgIpc) is 2.98. The van der Waals surface area contributed by atoms with Crippen LogP contribution in [0.25, 0.3) is 0 Å². The third kappa shape index (κ3) is 4.26. The van der Waals surface area contributed by atoms with Crippen LogP contribution in [0.15, 0.2) is 30.3 Å². The average molecular weight is 320 g/mol. The van der Waals surface area contributed by atoms with Gasteiger partial charge in [-0.3, -0.25) is 9.59 Å². The van der Waals surface area contributed by atoms with Gasteiger partial charge in [-0.05, 0) is 24.8 Å². The second-order valence-electron chi connectivity index (χ2n) is 5.68. The van der Waals surface area contributed by atoms with Gasteiger partial charge >= 0.3 is 0 Å². The van der Waals surface area contributed by atoms with E-state index in [0.29, 0.717) is 11.7 Å². The van der Waals surface area contributed by atoms with Crippen molar-refractivity contribution in [3.8, 4) is 0 Å². The van der Waals surface area contributed by atoms with Gasteiger partial charge in [-0.15, -0.1) is 11.8 Å². The number of likely N-dealkylation sites (tertiary alicyclic amines) is 1. The highest BCUT2D eigenvalue weighted by Gasteiger charge is 2.34. The molecule has 0 aliphatic carbocycles. The molecule has 120 valence electrons. The predicted molar refractivity (Wildman–Crippen MR) is 90.7 cm³/mol. The van der Waals surface area contributed by atoms with E-state index < -0.39 is 0 Å². The molecule has 0 saturated carbocycles. The number of hydrogen-bond donors (Lipinski definition) is 1. The largest absolute Gasteiger partial charge is 0.369 e. The van der Waals surface area contributed by atoms with Crippen LogP contribution in [0.2, 0.25) is 0 Å². The van der Waals surface area contributed by atoms with Gasteiger partial charge in [-0.2, -0.15) is 0 Å². The van der Waals surface area contributed by atoms with E-state index in [-0.39, 0.29) is 23.6 Å². The summed E-state index contributed by atoms with van der Waals surface area (Å²) in [5, 5.41) is 0. The Balaban J connectivity index is 2.02. The molecule has 1 saturated heterocycles. The molecule has 0 bridgehead atoms. The second kappa shape index (κ2) is 8.22. The summed E-state index contributed by atoms with van der Waals surface area (Å²) in [7, 11) is 0. The number of carbonyl (C=O) groups is 2. The van der Waals surface area contributed by atoms with Crippen LogP contribution in [0, 0.1) is 0 Å². The molecule has 1 aromatic rings. The van der Waals surface area contributed by atoms with Crippen molar-refractivity contribution in [1.29, 1.82) is 0 Å². The maximum absolute atomic E-state index is 12.4. The number of amides is 2. The van der Waals surface area contributed by atoms with Crippen molar-refractivity contribution in [2.45, 2.75) is 38.1 Å². The molecule has 1 aliphatic rings. The van der Waals surface area contributed by atoms with Gasteiger partial charge in [0.15, 0.2) is 0 Å². The Morgan fingerprint density at radius 1 is 1.32 bits per heavy atom. The molecule has 2 rings (SSSR count). The summed E-state index contributed by atoms with van der Waals surface area (Å²) in [6, 6.07) is 10.7. The van der Waals surface area contributed by atoms with Crippen molar-refractivity contribution in [2.24, 2.45) is 5.73 Å². The van der Waals surface area contributed by atoms with Gasteiger partial charge in [0.05, 0.1) is 11.5 Å². The fourth-order valence-electron chi connectivity index (χ4n) is 3.27. The van der Waals surface area contributed by atoms with Gasteiger partial charge in [-0.25, -0.2) is 0 Å². The molecule has 1 aliphatic heterocycles. The summed E-state index contributed by atoms with van der Waals surface area (Å²) in [6.07, 6.45) is 3.13. The molecule has 22 heavy (non-hydrogen) atoms. The van der Waals surface area contributed by atoms with Gasteiger partial charge in [0, 0.05) is 18.5 Å². The monoisotopic (exact) mass is 320 g/mol. The molecule has 0 unspecified atom stereocenters. The fraction of sp³-hybridized carbons (Fsp3) is 0.529. The highest BCUT2D eigenvalue weighted by molar-refractivity contribution is 8.00. The summed E-state index contributed by atoms with van der Waals surface area (Å²) in [6.45, 7) is 3.00. The third-order valence-corrected chi connectivity index (χ3v) is 5.16. The summed E-state index contributed by atoms with van der Waals surface area (Å²) in [5.74, 6) is 0.688. The van der Waals surface area contributed by atoms with Crippen molar-refractivity contribution in [3.63, 3.8) is 0 Å². The van der Waals surface area contributed by atoms with E-state index in [4.69, 9.17) is 5.73 Å². The maximum Gasteiger partial charge on any atom is 0.232 e. The van der Waals surface area contributed by atoms with Crippen molar-refractivity contribution in [1.82, 2.24) is 4.90 Å². The molecule has 1 fully saturated rings. The SMILES string of the molecule is CC[C@@H](c1ccccc1)[C@@H]1CCCN1C(=O)CSCC(N)=O. The minimum absolute atomic E-state index is 0.128. The third-order valence-electron chi connectivity index (χ3n) is 4.22. The lowest BCUT2D eigenvalue weighted by Crippen LogP contribution is -2.40. The van der Waals surface area contributed by atoms with Crippen molar-refractivity contribution in [2.75, 3.05) is 18.1 Å². The van der Waals surface area contributed by atoms with Crippen LogP contribution >= 0.6 is 11.8 Å². The van der Waals surface area contributed by atoms with Gasteiger partial charge < -0.3 is 10.6 Å². The summed E-state index contributed by atoms with van der Waals surface area (Å²) >= 11 is 1.31. The fourth-order valence-corrected chi connectivity index (χ4v) is 3.92. The first-order chi connectivity index (χ1) is 10.6. The Kier molecular flexibility index (Phi) is 6.31. The zero-order valence-corrected chi connectivity index (χ0v) is 13.8. The highest BCUT2D eigenvalue weighted by atomic mass is 32.2. The Morgan fingerprint density at radius 2 is 2.05 bits per heavy atom. The zero-order valence-electron chi connectivity index (χ0n) is 13.0. The van der Waals surface area contributed by atoms with Crippen molar-refractivity contribution >= 4 is 23.6 Å². The minimum Gasteiger partial charge on any atom is -0.369 e. The first-order valence-electron chi connectivity index (χ1n) is 7.84. The van der Waals surface area contributed by atoms with E-state index in [2.05, 4.69) is 31.2 Å². The van der Waals surface area contributed by atoms with E-state index >= 15 is 0 Å². The Morgan fingerprint density at radius 3 is 2.68 bits per heavy atom. The van der Waals surface area contributed by atoms with Crippen LogP contribution in [0.5, 0.6) is 0 Å². The molecule has 1 heterocycles. The van der Waals surface area contributed by atoms with E-state index in [9.17, 15) is 9.59 Å². The van der Waals surface area contributed by atoms with Crippen molar-refractivity contribution in [3.05, 3.63) is 35.9 Å². The lowest BCUT2D eigenvalue weighted by molar-refractivity contribution is -0.129. The van der Waals surface area contributed by atoms with Crippen LogP contribution in [0.3, 0.4) is 0 Å². The molecule has 4 nitrogen and oxygen atoms in total. The van der Waals surface area contributed by atoms with E-state index in [1.54, 1.807) is 0 Å². The van der Waals surface area contributed by atoms with Crippen LogP contribution in [0.1, 0.15) is 37.7 Å². The Hall–Kier alpha value is -1.49. The number of rotatable bonds is 7. The highest BCUT2D eigenvalue weighted by Crippen LogP contribution is 2.33. The number of primary amides is 1. The van der Waals surface area contributed by atoms with Crippen LogP contribution < -0.4 is 5.73 Å². The number of nitrogens with zero attached hydrogens (tertiary/aromatic N) is 1. The van der Waals surface area contributed by atoms with Crippen molar-refractivity contribution < 1.29 is 9.59 Å². The molecular weight excluding hydrogens is 296 g/mol. The molecule has 1 aromatic carbocycles. The number of carbonyl (C=O) groups excluding carboxylic acids is 2. The number of hydrogen-bond acceptors (Lipinski definition) is 3. The smallest absolute Gasteiger partial charge is 0.232 e. The van der Waals surface area contributed by atoms with E-state index in [1.807, 2.05) is 11.0 Å². The molecule has 2 amide bonds. The first kappa shape index (κ1) is 16.9. The second-order valence-corrected chi connectivity index (χ2v) is 6.67. The minimum atomic E-state index is -0.369. The van der Waals surface area contributed by atoms with Crippen LogP contribution in [-0.4, -0.2) is 40.8 Å². The van der Waals surface area contributed by atoms with E-state index in [0.717, 1.165) is 25.8 Å². The molecular formula is C17H24N2O2S.